The Morgan fingerprint density at radius 2 is 1.90 bits per heavy atom. The number of nitrogen functional groups attached to an aromatic ring is 1. The summed E-state index contributed by atoms with van der Waals surface area (Å²) in [7, 11) is 0. The molecule has 102 valence electrons. The van der Waals surface area contributed by atoms with E-state index in [9.17, 15) is 5.11 Å². The molecule has 0 unspecified atom stereocenters. The first-order chi connectivity index (χ1) is 9.70. The lowest BCUT2D eigenvalue weighted by molar-refractivity contribution is 0.0956. The Hall–Kier alpha value is -2.51. The molecule has 7 nitrogen and oxygen atoms in total. The molecule has 0 amide bonds. The molecule has 0 aliphatic heterocycles. The monoisotopic (exact) mass is 271 g/mol. The fourth-order valence-corrected chi connectivity index (χ4v) is 2.00. The van der Waals surface area contributed by atoms with Crippen LogP contribution < -0.4 is 5.73 Å². The van der Waals surface area contributed by atoms with Crippen LogP contribution in [0.25, 0.3) is 16.9 Å². The number of aliphatic hydroxyl groups excluding tert-OH is 2. The highest BCUT2D eigenvalue weighted by Crippen LogP contribution is 2.20. The average molecular weight is 271 g/mol. The number of aromatic nitrogens is 4. The van der Waals surface area contributed by atoms with Gasteiger partial charge in [0.15, 0.2) is 17.0 Å². The van der Waals surface area contributed by atoms with Crippen molar-refractivity contribution in [2.45, 2.75) is 6.10 Å². The molecule has 3 aromatic rings. The van der Waals surface area contributed by atoms with Gasteiger partial charge >= 0.3 is 0 Å². The zero-order chi connectivity index (χ0) is 14.1. The van der Waals surface area contributed by atoms with Crippen molar-refractivity contribution in [2.75, 3.05) is 12.3 Å². The van der Waals surface area contributed by atoms with E-state index in [4.69, 9.17) is 10.8 Å². The molecular weight excluding hydrogens is 258 g/mol. The fraction of sp³-hybridized carbons (Fsp3) is 0.154. The molecule has 0 saturated carbocycles. The van der Waals surface area contributed by atoms with Crippen molar-refractivity contribution in [3.05, 3.63) is 42.5 Å². The van der Waals surface area contributed by atoms with Crippen LogP contribution in [0.1, 0.15) is 11.7 Å². The number of benzene rings is 1. The molecule has 3 rings (SSSR count). The summed E-state index contributed by atoms with van der Waals surface area (Å²) in [5, 5.41) is 18.5. The van der Waals surface area contributed by atoms with Crippen LogP contribution in [0.3, 0.4) is 0 Å². The first-order valence-electron chi connectivity index (χ1n) is 6.03. The van der Waals surface area contributed by atoms with Crippen LogP contribution in [0.5, 0.6) is 0 Å². The van der Waals surface area contributed by atoms with Gasteiger partial charge in [0.1, 0.15) is 18.8 Å². The van der Waals surface area contributed by atoms with Crippen molar-refractivity contribution in [3.8, 4) is 5.69 Å². The standard InChI is InChI=1S/C13H13N5O2/c14-12-11-13(16-6-15-12)18(7-17-11)9-3-1-8(2-4-9)10(20)5-19/h1-4,6-7,10,19-20H,5H2,(H2,14,15,16)/t10-/m1/s1. The lowest BCUT2D eigenvalue weighted by Crippen LogP contribution is -2.03. The predicted molar refractivity (Wildman–Crippen MR) is 73.1 cm³/mol. The van der Waals surface area contributed by atoms with Gasteiger partial charge in [-0.2, -0.15) is 0 Å². The van der Waals surface area contributed by atoms with Crippen molar-refractivity contribution in [1.82, 2.24) is 19.5 Å². The molecule has 20 heavy (non-hydrogen) atoms. The van der Waals surface area contributed by atoms with Crippen LogP contribution in [0.4, 0.5) is 5.82 Å². The highest BCUT2D eigenvalue weighted by molar-refractivity contribution is 5.82. The summed E-state index contributed by atoms with van der Waals surface area (Å²) in [5.41, 5.74) is 8.39. The quantitative estimate of drug-likeness (QED) is 0.637. The van der Waals surface area contributed by atoms with Crippen molar-refractivity contribution in [1.29, 1.82) is 0 Å². The maximum absolute atomic E-state index is 9.55. The van der Waals surface area contributed by atoms with Crippen LogP contribution in [0, 0.1) is 0 Å². The van der Waals surface area contributed by atoms with Gasteiger partial charge in [-0.05, 0) is 17.7 Å². The van der Waals surface area contributed by atoms with Crippen LogP contribution in [-0.4, -0.2) is 36.3 Å². The van der Waals surface area contributed by atoms with Crippen LogP contribution in [-0.2, 0) is 0 Å². The second kappa shape index (κ2) is 4.87. The topological polar surface area (TPSA) is 110 Å². The molecule has 0 spiro atoms. The minimum Gasteiger partial charge on any atom is -0.393 e. The Morgan fingerprint density at radius 3 is 2.60 bits per heavy atom. The number of rotatable bonds is 3. The first-order valence-corrected chi connectivity index (χ1v) is 6.03. The van der Waals surface area contributed by atoms with Gasteiger partial charge in [0.05, 0.1) is 6.61 Å². The second-order valence-electron chi connectivity index (χ2n) is 4.34. The zero-order valence-corrected chi connectivity index (χ0v) is 10.5. The number of fused-ring (bicyclic) bond motifs is 1. The van der Waals surface area contributed by atoms with Crippen molar-refractivity contribution >= 4 is 17.0 Å². The smallest absolute Gasteiger partial charge is 0.170 e. The number of imidazole rings is 1. The number of nitrogens with zero attached hydrogens (tertiary/aromatic N) is 4. The maximum atomic E-state index is 9.55. The number of nitrogens with two attached hydrogens (primary N) is 1. The lowest BCUT2D eigenvalue weighted by Gasteiger charge is -2.09. The SMILES string of the molecule is Nc1ncnc2c1ncn2-c1ccc([C@H](O)CO)cc1. The molecule has 0 saturated heterocycles. The minimum absolute atomic E-state index is 0.308. The van der Waals surface area contributed by atoms with Gasteiger partial charge in [0, 0.05) is 5.69 Å². The number of hydrogen-bond donors (Lipinski definition) is 3. The highest BCUT2D eigenvalue weighted by Gasteiger charge is 2.10. The Balaban J connectivity index is 2.05. The summed E-state index contributed by atoms with van der Waals surface area (Å²) in [5.74, 6) is 0.334. The molecule has 1 atom stereocenters. The van der Waals surface area contributed by atoms with Gasteiger partial charge < -0.3 is 15.9 Å². The number of anilines is 1. The van der Waals surface area contributed by atoms with Crippen molar-refractivity contribution < 1.29 is 10.2 Å². The maximum Gasteiger partial charge on any atom is 0.170 e. The third-order valence-electron chi connectivity index (χ3n) is 3.09. The molecule has 1 aromatic carbocycles. The molecule has 0 bridgehead atoms. The molecule has 0 aliphatic carbocycles. The fourth-order valence-electron chi connectivity index (χ4n) is 2.00. The van der Waals surface area contributed by atoms with Gasteiger partial charge in [-0.25, -0.2) is 15.0 Å². The van der Waals surface area contributed by atoms with E-state index in [-0.39, 0.29) is 6.61 Å². The molecule has 0 radical (unpaired) electrons. The normalized spacial score (nSPS) is 12.7. The van der Waals surface area contributed by atoms with Crippen LogP contribution in [0.2, 0.25) is 0 Å². The van der Waals surface area contributed by atoms with E-state index < -0.39 is 6.10 Å². The predicted octanol–water partition coefficient (Wildman–Crippen LogP) is 0.423. The van der Waals surface area contributed by atoms with Crippen LogP contribution in [0.15, 0.2) is 36.9 Å². The van der Waals surface area contributed by atoms with E-state index in [1.807, 2.05) is 12.1 Å². The Morgan fingerprint density at radius 1 is 1.15 bits per heavy atom. The lowest BCUT2D eigenvalue weighted by atomic mass is 10.1. The average Bonchev–Trinajstić information content (AvgIpc) is 2.92. The largest absolute Gasteiger partial charge is 0.393 e. The van der Waals surface area contributed by atoms with E-state index in [1.54, 1.807) is 23.0 Å². The summed E-state index contributed by atoms with van der Waals surface area (Å²) in [6.45, 7) is -0.308. The molecule has 7 heteroatoms. The second-order valence-corrected chi connectivity index (χ2v) is 4.34. The van der Waals surface area contributed by atoms with Gasteiger partial charge in [-0.1, -0.05) is 12.1 Å². The van der Waals surface area contributed by atoms with Crippen molar-refractivity contribution in [2.24, 2.45) is 0 Å². The van der Waals surface area contributed by atoms with Gasteiger partial charge in [-0.3, -0.25) is 4.57 Å². The number of aliphatic hydroxyl groups is 2. The zero-order valence-electron chi connectivity index (χ0n) is 10.5. The van der Waals surface area contributed by atoms with E-state index in [0.717, 1.165) is 5.69 Å². The van der Waals surface area contributed by atoms with E-state index in [2.05, 4.69) is 15.0 Å². The third kappa shape index (κ3) is 1.98. The summed E-state index contributed by atoms with van der Waals surface area (Å²) in [6, 6.07) is 7.11. The molecule has 2 heterocycles. The first kappa shape index (κ1) is 12.5. The molecule has 2 aromatic heterocycles. The highest BCUT2D eigenvalue weighted by atomic mass is 16.3. The summed E-state index contributed by atoms with van der Waals surface area (Å²) >= 11 is 0. The minimum atomic E-state index is -0.874. The Kier molecular flexibility index (Phi) is 3.05. The summed E-state index contributed by atoms with van der Waals surface area (Å²) < 4.78 is 1.78. The Labute approximate surface area is 114 Å². The molecule has 0 fully saturated rings. The van der Waals surface area contributed by atoms with Gasteiger partial charge in [-0.15, -0.1) is 0 Å². The van der Waals surface area contributed by atoms with E-state index in [0.29, 0.717) is 22.5 Å². The summed E-state index contributed by atoms with van der Waals surface area (Å²) in [6.07, 6.45) is 2.13. The van der Waals surface area contributed by atoms with Gasteiger partial charge in [0.25, 0.3) is 0 Å². The number of hydrogen-bond acceptors (Lipinski definition) is 6. The molecule has 4 N–H and O–H groups in total. The van der Waals surface area contributed by atoms with E-state index in [1.165, 1.54) is 6.33 Å². The van der Waals surface area contributed by atoms with Crippen molar-refractivity contribution in [3.63, 3.8) is 0 Å². The molecule has 0 aliphatic rings. The van der Waals surface area contributed by atoms with Gasteiger partial charge in [0.2, 0.25) is 0 Å². The third-order valence-corrected chi connectivity index (χ3v) is 3.09. The van der Waals surface area contributed by atoms with Crippen LogP contribution >= 0.6 is 0 Å². The summed E-state index contributed by atoms with van der Waals surface area (Å²) in [4.78, 5) is 12.3. The molecular formula is C13H13N5O2. The van der Waals surface area contributed by atoms with E-state index >= 15 is 0 Å². The Bertz CT molecular complexity index is 738.